The number of methoxy groups -OCH3 is 1. The Bertz CT molecular complexity index is 1460. The largest absolute Gasteiger partial charge is 0.497 e. The van der Waals surface area contributed by atoms with Gasteiger partial charge >= 0.3 is 6.18 Å². The van der Waals surface area contributed by atoms with Crippen molar-refractivity contribution in [3.63, 3.8) is 0 Å². The van der Waals surface area contributed by atoms with Crippen LogP contribution in [0.5, 0.6) is 5.75 Å². The minimum absolute atomic E-state index is 0.0113. The molecule has 1 fully saturated rings. The molecule has 0 radical (unpaired) electrons. The third-order valence-electron chi connectivity index (χ3n) is 6.73. The Morgan fingerprint density at radius 3 is 2.26 bits per heavy atom. The van der Waals surface area contributed by atoms with Crippen molar-refractivity contribution in [2.24, 2.45) is 0 Å². The maximum Gasteiger partial charge on any atom is 0.433 e. The van der Waals surface area contributed by atoms with Crippen molar-refractivity contribution in [2.75, 3.05) is 33.3 Å². The Morgan fingerprint density at radius 2 is 1.66 bits per heavy atom. The van der Waals surface area contributed by atoms with Gasteiger partial charge in [-0.3, -0.25) is 9.69 Å². The van der Waals surface area contributed by atoms with Gasteiger partial charge in [-0.05, 0) is 48.9 Å². The Labute approximate surface area is 216 Å². The van der Waals surface area contributed by atoms with E-state index in [0.717, 1.165) is 11.8 Å². The predicted molar refractivity (Wildman–Crippen MR) is 132 cm³/mol. The molecule has 11 heteroatoms. The molecule has 2 aromatic carbocycles. The first kappa shape index (κ1) is 25.7. The Kier molecular flexibility index (Phi) is 6.78. The van der Waals surface area contributed by atoms with E-state index >= 15 is 0 Å². The maximum absolute atomic E-state index is 14.2. The van der Waals surface area contributed by atoms with Gasteiger partial charge in [0.05, 0.1) is 19.0 Å². The van der Waals surface area contributed by atoms with E-state index in [1.807, 2.05) is 0 Å². The molecule has 0 aliphatic carbocycles. The van der Waals surface area contributed by atoms with Crippen LogP contribution in [0.15, 0.2) is 54.7 Å². The summed E-state index contributed by atoms with van der Waals surface area (Å²) in [6.07, 6.45) is -3.56. The van der Waals surface area contributed by atoms with Crippen LogP contribution >= 0.6 is 0 Å². The van der Waals surface area contributed by atoms with Gasteiger partial charge in [0.2, 0.25) is 0 Å². The third kappa shape index (κ3) is 4.93. The van der Waals surface area contributed by atoms with Crippen molar-refractivity contribution >= 4 is 11.6 Å². The van der Waals surface area contributed by atoms with E-state index in [1.165, 1.54) is 26.2 Å². The summed E-state index contributed by atoms with van der Waals surface area (Å²) in [5, 5.41) is 3.93. The van der Waals surface area contributed by atoms with E-state index in [0.29, 0.717) is 48.6 Å². The molecule has 0 spiro atoms. The zero-order valence-corrected chi connectivity index (χ0v) is 20.8. The second-order valence-electron chi connectivity index (χ2n) is 9.15. The lowest BCUT2D eigenvalue weighted by molar-refractivity contribution is -0.143. The lowest BCUT2D eigenvalue weighted by atomic mass is 10.0. The molecule has 5 rings (SSSR count). The number of ether oxygens (including phenoxy) is 1. The minimum Gasteiger partial charge on any atom is -0.497 e. The van der Waals surface area contributed by atoms with E-state index in [1.54, 1.807) is 41.3 Å². The topological polar surface area (TPSA) is 63.0 Å². The molecule has 1 saturated heterocycles. The van der Waals surface area contributed by atoms with Crippen LogP contribution in [-0.4, -0.2) is 63.6 Å². The quantitative estimate of drug-likeness (QED) is 0.348. The second kappa shape index (κ2) is 10.1. The van der Waals surface area contributed by atoms with Crippen LogP contribution in [0.3, 0.4) is 0 Å². The Balaban J connectivity index is 1.44. The lowest BCUT2D eigenvalue weighted by Gasteiger charge is -2.34. The highest BCUT2D eigenvalue weighted by molar-refractivity contribution is 6.00. The van der Waals surface area contributed by atoms with E-state index in [-0.39, 0.29) is 28.3 Å². The fraction of sp³-hybridized carbons (Fsp3) is 0.296. The van der Waals surface area contributed by atoms with Gasteiger partial charge in [0.1, 0.15) is 17.1 Å². The summed E-state index contributed by atoms with van der Waals surface area (Å²) in [5.41, 5.74) is 0.337. The number of amides is 1. The standard InChI is InChI=1S/C27H25F4N5O2/c1-17-23(19-5-9-21(38-2)10-6-19)33-25-22(15-32-36(25)24(17)27(29,30)31)26(37)35-13-11-34(12-14-35)16-18-3-7-20(28)8-4-18/h3-10,15H,11-14,16H2,1-2H3. The van der Waals surface area contributed by atoms with Gasteiger partial charge in [0.15, 0.2) is 11.3 Å². The summed E-state index contributed by atoms with van der Waals surface area (Å²) in [4.78, 5) is 21.7. The summed E-state index contributed by atoms with van der Waals surface area (Å²) in [6, 6.07) is 12.8. The van der Waals surface area contributed by atoms with Crippen molar-refractivity contribution in [1.82, 2.24) is 24.4 Å². The number of fused-ring (bicyclic) bond motifs is 1. The summed E-state index contributed by atoms with van der Waals surface area (Å²) < 4.78 is 61.6. The number of hydrogen-bond acceptors (Lipinski definition) is 5. The van der Waals surface area contributed by atoms with E-state index in [9.17, 15) is 22.4 Å². The highest BCUT2D eigenvalue weighted by Crippen LogP contribution is 2.37. The van der Waals surface area contributed by atoms with Crippen molar-refractivity contribution in [1.29, 1.82) is 0 Å². The zero-order chi connectivity index (χ0) is 27.0. The van der Waals surface area contributed by atoms with Crippen LogP contribution in [0.4, 0.5) is 17.6 Å². The number of rotatable bonds is 5. The van der Waals surface area contributed by atoms with Crippen molar-refractivity contribution < 1.29 is 27.1 Å². The molecule has 0 saturated carbocycles. The minimum atomic E-state index is -4.72. The van der Waals surface area contributed by atoms with E-state index in [4.69, 9.17) is 4.74 Å². The predicted octanol–water partition coefficient (Wildman–Crippen LogP) is 4.83. The van der Waals surface area contributed by atoms with Crippen LogP contribution in [0, 0.1) is 12.7 Å². The lowest BCUT2D eigenvalue weighted by Crippen LogP contribution is -2.48. The van der Waals surface area contributed by atoms with Gasteiger partial charge in [-0.15, -0.1) is 0 Å². The molecule has 198 valence electrons. The van der Waals surface area contributed by atoms with Gasteiger partial charge in [-0.2, -0.15) is 18.3 Å². The molecule has 1 aliphatic heterocycles. The normalized spacial score (nSPS) is 14.7. The highest BCUT2D eigenvalue weighted by atomic mass is 19.4. The molecule has 4 aromatic rings. The number of alkyl halides is 3. The maximum atomic E-state index is 14.2. The van der Waals surface area contributed by atoms with Gasteiger partial charge in [-0.1, -0.05) is 12.1 Å². The smallest absolute Gasteiger partial charge is 0.433 e. The van der Waals surface area contributed by atoms with Crippen LogP contribution in [-0.2, 0) is 12.7 Å². The molecule has 0 N–H and O–H groups in total. The van der Waals surface area contributed by atoms with Crippen LogP contribution in [0.2, 0.25) is 0 Å². The average Bonchev–Trinajstić information content (AvgIpc) is 3.32. The zero-order valence-electron chi connectivity index (χ0n) is 20.8. The number of halogens is 4. The fourth-order valence-electron chi connectivity index (χ4n) is 4.71. The van der Waals surface area contributed by atoms with Gasteiger partial charge in [0, 0.05) is 43.9 Å². The van der Waals surface area contributed by atoms with Crippen LogP contribution < -0.4 is 4.74 Å². The van der Waals surface area contributed by atoms with Crippen molar-refractivity contribution in [3.05, 3.63) is 82.9 Å². The number of nitrogens with zero attached hydrogens (tertiary/aromatic N) is 5. The molecule has 1 aliphatic rings. The first-order valence-corrected chi connectivity index (χ1v) is 12.0. The van der Waals surface area contributed by atoms with Crippen LogP contribution in [0.1, 0.15) is 27.2 Å². The number of benzene rings is 2. The number of aromatic nitrogens is 3. The molecular formula is C27H25F4N5O2. The molecule has 0 atom stereocenters. The number of piperazine rings is 1. The first-order valence-electron chi connectivity index (χ1n) is 12.0. The summed E-state index contributed by atoms with van der Waals surface area (Å²) in [6.45, 7) is 3.87. The summed E-state index contributed by atoms with van der Waals surface area (Å²) >= 11 is 0. The van der Waals surface area contributed by atoms with Crippen LogP contribution in [0.25, 0.3) is 16.9 Å². The number of carbonyl (C=O) groups is 1. The molecule has 1 amide bonds. The molecular weight excluding hydrogens is 502 g/mol. The van der Waals surface area contributed by atoms with E-state index < -0.39 is 17.8 Å². The number of hydrogen-bond donors (Lipinski definition) is 0. The Morgan fingerprint density at radius 1 is 1.00 bits per heavy atom. The average molecular weight is 528 g/mol. The SMILES string of the molecule is COc1ccc(-c2nc3c(C(=O)N4CCN(Cc5ccc(F)cc5)CC4)cnn3c(C(F)(F)F)c2C)cc1. The molecule has 2 aromatic heterocycles. The Hall–Kier alpha value is -3.99. The number of carbonyl (C=O) groups excluding carboxylic acids is 1. The highest BCUT2D eigenvalue weighted by Gasteiger charge is 2.39. The molecule has 0 bridgehead atoms. The molecule has 7 nitrogen and oxygen atoms in total. The monoisotopic (exact) mass is 527 g/mol. The van der Waals surface area contributed by atoms with Gasteiger partial charge in [0.25, 0.3) is 5.91 Å². The first-order chi connectivity index (χ1) is 18.2. The van der Waals surface area contributed by atoms with Crippen molar-refractivity contribution in [2.45, 2.75) is 19.6 Å². The molecule has 38 heavy (non-hydrogen) atoms. The summed E-state index contributed by atoms with van der Waals surface area (Å²) in [5.74, 6) is -0.167. The summed E-state index contributed by atoms with van der Waals surface area (Å²) in [7, 11) is 1.50. The second-order valence-corrected chi connectivity index (χ2v) is 9.15. The fourth-order valence-corrected chi connectivity index (χ4v) is 4.71. The van der Waals surface area contributed by atoms with Crippen molar-refractivity contribution in [3.8, 4) is 17.0 Å². The third-order valence-corrected chi connectivity index (χ3v) is 6.73. The van der Waals surface area contributed by atoms with E-state index in [2.05, 4.69) is 15.0 Å². The van der Waals surface area contributed by atoms with Gasteiger partial charge in [-0.25, -0.2) is 13.9 Å². The molecule has 0 unspecified atom stereocenters. The molecule has 3 heterocycles. The van der Waals surface area contributed by atoms with Gasteiger partial charge < -0.3 is 9.64 Å².